The molecular weight excluding hydrogens is 395 g/mol. The van der Waals surface area contributed by atoms with E-state index in [2.05, 4.69) is 5.32 Å². The van der Waals surface area contributed by atoms with Crippen molar-refractivity contribution in [2.45, 2.75) is 24.8 Å². The van der Waals surface area contributed by atoms with Crippen molar-refractivity contribution in [2.75, 3.05) is 26.8 Å². The number of ether oxygens (including phenoxy) is 1. The summed E-state index contributed by atoms with van der Waals surface area (Å²) in [6.45, 7) is 1.39. The molecule has 1 unspecified atom stereocenters. The highest BCUT2D eigenvalue weighted by Gasteiger charge is 2.41. The van der Waals surface area contributed by atoms with Gasteiger partial charge in [-0.2, -0.15) is 0 Å². The van der Waals surface area contributed by atoms with E-state index in [1.165, 1.54) is 24.3 Å². The third-order valence-electron chi connectivity index (χ3n) is 5.28. The monoisotopic (exact) mass is 418 g/mol. The van der Waals surface area contributed by atoms with Gasteiger partial charge in [-0.3, -0.25) is 9.59 Å². The Balaban J connectivity index is 1.70. The number of benzene rings is 2. The van der Waals surface area contributed by atoms with Crippen LogP contribution in [-0.2, 0) is 16.0 Å². The Morgan fingerprint density at radius 2 is 1.93 bits per heavy atom. The normalized spacial score (nSPS) is 18.7. The highest BCUT2D eigenvalue weighted by Crippen LogP contribution is 2.27. The number of methoxy groups -OCH3 is 1. The van der Waals surface area contributed by atoms with Gasteiger partial charge in [0, 0.05) is 37.4 Å². The van der Waals surface area contributed by atoms with Crippen LogP contribution in [0.2, 0.25) is 5.02 Å². The van der Waals surface area contributed by atoms with Crippen molar-refractivity contribution in [1.82, 2.24) is 10.2 Å². The largest absolute Gasteiger partial charge is 0.385 e. The van der Waals surface area contributed by atoms with E-state index in [1.54, 1.807) is 18.1 Å². The Bertz CT molecular complexity index is 875. The number of hydrogen-bond donors (Lipinski definition) is 1. The van der Waals surface area contributed by atoms with Crippen LogP contribution in [0, 0.1) is 5.82 Å². The van der Waals surface area contributed by atoms with E-state index in [-0.39, 0.29) is 18.2 Å². The van der Waals surface area contributed by atoms with Gasteiger partial charge in [-0.1, -0.05) is 29.8 Å². The molecule has 0 saturated carbocycles. The number of nitrogens with zero attached hydrogens (tertiary/aromatic N) is 1. The molecule has 29 heavy (non-hydrogen) atoms. The number of amides is 2. The summed E-state index contributed by atoms with van der Waals surface area (Å²) in [4.78, 5) is 27.3. The standard InChI is InChI=1S/C22H24ClFN2O3/c1-29-13-11-22(25-21(28)16-6-8-18(24)9-7-16)10-12-26(15-22)20(27)14-17-4-2-3-5-19(17)23/h2-9H,10-15H2,1H3,(H,25,28). The average molecular weight is 419 g/mol. The van der Waals surface area contributed by atoms with Crippen LogP contribution >= 0.6 is 11.6 Å². The third kappa shape index (κ3) is 5.34. The quantitative estimate of drug-likeness (QED) is 0.749. The van der Waals surface area contributed by atoms with E-state index >= 15 is 0 Å². The van der Waals surface area contributed by atoms with Gasteiger partial charge in [0.05, 0.1) is 12.0 Å². The molecular formula is C22H24ClFN2O3. The van der Waals surface area contributed by atoms with Crippen molar-refractivity contribution < 1.29 is 18.7 Å². The molecule has 154 valence electrons. The van der Waals surface area contributed by atoms with Crippen molar-refractivity contribution >= 4 is 23.4 Å². The second kappa shape index (κ2) is 9.37. The molecule has 3 rings (SSSR count). The maximum Gasteiger partial charge on any atom is 0.251 e. The second-order valence-corrected chi connectivity index (χ2v) is 7.72. The molecule has 1 N–H and O–H groups in total. The predicted octanol–water partition coefficient (Wildman–Crippen LogP) is 3.46. The van der Waals surface area contributed by atoms with Crippen LogP contribution in [0.4, 0.5) is 4.39 Å². The Labute approximate surface area is 174 Å². The summed E-state index contributed by atoms with van der Waals surface area (Å²) < 4.78 is 18.4. The predicted molar refractivity (Wildman–Crippen MR) is 109 cm³/mol. The van der Waals surface area contributed by atoms with E-state index in [0.29, 0.717) is 43.1 Å². The maximum atomic E-state index is 13.1. The van der Waals surface area contributed by atoms with Crippen LogP contribution < -0.4 is 5.32 Å². The Hall–Kier alpha value is -2.44. The Morgan fingerprint density at radius 1 is 1.21 bits per heavy atom. The van der Waals surface area contributed by atoms with Crippen molar-refractivity contribution in [3.05, 3.63) is 70.5 Å². The zero-order valence-corrected chi connectivity index (χ0v) is 17.0. The third-order valence-corrected chi connectivity index (χ3v) is 5.64. The number of carbonyl (C=O) groups is 2. The lowest BCUT2D eigenvalue weighted by Crippen LogP contribution is -2.51. The van der Waals surface area contributed by atoms with Gasteiger partial charge in [-0.05, 0) is 48.7 Å². The number of rotatable bonds is 7. The molecule has 0 bridgehead atoms. The minimum atomic E-state index is -0.586. The number of carbonyl (C=O) groups excluding carboxylic acids is 2. The number of hydrogen-bond acceptors (Lipinski definition) is 3. The summed E-state index contributed by atoms with van der Waals surface area (Å²) in [5.41, 5.74) is 0.574. The first-order valence-electron chi connectivity index (χ1n) is 9.51. The SMILES string of the molecule is COCCC1(NC(=O)c2ccc(F)cc2)CCN(C(=O)Cc2ccccc2Cl)C1. The summed E-state index contributed by atoms with van der Waals surface area (Å²) >= 11 is 6.18. The summed E-state index contributed by atoms with van der Waals surface area (Å²) in [6.07, 6.45) is 1.41. The van der Waals surface area contributed by atoms with Crippen LogP contribution in [0.3, 0.4) is 0 Å². The molecule has 0 spiro atoms. The fourth-order valence-electron chi connectivity index (χ4n) is 3.58. The Morgan fingerprint density at radius 3 is 2.62 bits per heavy atom. The van der Waals surface area contributed by atoms with Gasteiger partial charge >= 0.3 is 0 Å². The molecule has 2 amide bonds. The fraction of sp³-hybridized carbons (Fsp3) is 0.364. The van der Waals surface area contributed by atoms with Crippen molar-refractivity contribution in [3.63, 3.8) is 0 Å². The van der Waals surface area contributed by atoms with E-state index in [1.807, 2.05) is 18.2 Å². The highest BCUT2D eigenvalue weighted by molar-refractivity contribution is 6.31. The van der Waals surface area contributed by atoms with E-state index in [4.69, 9.17) is 16.3 Å². The minimum Gasteiger partial charge on any atom is -0.385 e. The van der Waals surface area contributed by atoms with Gasteiger partial charge in [0.15, 0.2) is 0 Å². The molecule has 2 aromatic carbocycles. The highest BCUT2D eigenvalue weighted by atomic mass is 35.5. The zero-order chi connectivity index (χ0) is 20.9. The molecule has 1 atom stereocenters. The van der Waals surface area contributed by atoms with Crippen LogP contribution in [0.25, 0.3) is 0 Å². The van der Waals surface area contributed by atoms with Gasteiger partial charge in [-0.15, -0.1) is 0 Å². The first kappa shape index (κ1) is 21.3. The molecule has 1 aliphatic heterocycles. The summed E-state index contributed by atoms with van der Waals surface area (Å²) in [6, 6.07) is 12.7. The molecule has 5 nitrogen and oxygen atoms in total. The molecule has 0 radical (unpaired) electrons. The summed E-state index contributed by atoms with van der Waals surface area (Å²) in [7, 11) is 1.60. The first-order valence-corrected chi connectivity index (χ1v) is 9.88. The van der Waals surface area contributed by atoms with Crippen LogP contribution in [-0.4, -0.2) is 49.1 Å². The number of halogens is 2. The van der Waals surface area contributed by atoms with Crippen LogP contribution in [0.15, 0.2) is 48.5 Å². The van der Waals surface area contributed by atoms with Crippen molar-refractivity contribution in [1.29, 1.82) is 0 Å². The first-order chi connectivity index (χ1) is 13.9. The molecule has 1 saturated heterocycles. The molecule has 2 aromatic rings. The average Bonchev–Trinajstić information content (AvgIpc) is 3.13. The lowest BCUT2D eigenvalue weighted by atomic mass is 9.93. The van der Waals surface area contributed by atoms with Crippen LogP contribution in [0.1, 0.15) is 28.8 Å². The molecule has 1 heterocycles. The van der Waals surface area contributed by atoms with Gasteiger partial charge in [0.2, 0.25) is 5.91 Å². The van der Waals surface area contributed by atoms with Crippen LogP contribution in [0.5, 0.6) is 0 Å². The van der Waals surface area contributed by atoms with Crippen molar-refractivity contribution in [2.24, 2.45) is 0 Å². The molecule has 1 aliphatic rings. The van der Waals surface area contributed by atoms with E-state index in [9.17, 15) is 14.0 Å². The molecule has 0 aliphatic carbocycles. The van der Waals surface area contributed by atoms with Gasteiger partial charge in [0.25, 0.3) is 5.91 Å². The van der Waals surface area contributed by atoms with Crippen molar-refractivity contribution in [3.8, 4) is 0 Å². The summed E-state index contributed by atoms with van der Waals surface area (Å²) in [5.74, 6) is -0.720. The van der Waals surface area contributed by atoms with E-state index < -0.39 is 11.4 Å². The van der Waals surface area contributed by atoms with Gasteiger partial charge in [0.1, 0.15) is 5.82 Å². The maximum absolute atomic E-state index is 13.1. The minimum absolute atomic E-state index is 0.0339. The molecule has 1 fully saturated rings. The zero-order valence-electron chi connectivity index (χ0n) is 16.3. The van der Waals surface area contributed by atoms with Gasteiger partial charge < -0.3 is 15.0 Å². The molecule has 0 aromatic heterocycles. The summed E-state index contributed by atoms with van der Waals surface area (Å²) in [5, 5.41) is 3.63. The fourth-order valence-corrected chi connectivity index (χ4v) is 3.78. The lowest BCUT2D eigenvalue weighted by Gasteiger charge is -2.30. The number of likely N-dealkylation sites (tertiary alicyclic amines) is 1. The van der Waals surface area contributed by atoms with Gasteiger partial charge in [-0.25, -0.2) is 4.39 Å². The topological polar surface area (TPSA) is 58.6 Å². The Kier molecular flexibility index (Phi) is 6.87. The molecule has 7 heteroatoms. The number of nitrogens with one attached hydrogen (secondary N) is 1. The van der Waals surface area contributed by atoms with E-state index in [0.717, 1.165) is 5.56 Å². The lowest BCUT2D eigenvalue weighted by molar-refractivity contribution is -0.129. The second-order valence-electron chi connectivity index (χ2n) is 7.32. The smallest absolute Gasteiger partial charge is 0.251 e.